The Morgan fingerprint density at radius 1 is 1.09 bits per heavy atom. The van der Waals surface area contributed by atoms with Crippen molar-refractivity contribution in [1.29, 1.82) is 0 Å². The van der Waals surface area contributed by atoms with E-state index in [1.807, 2.05) is 24.3 Å². The number of aromatic nitrogens is 3. The minimum Gasteiger partial charge on any atom is -0.355 e. The maximum atomic E-state index is 5.88. The monoisotopic (exact) mass is 317 g/mol. The third-order valence-corrected chi connectivity index (χ3v) is 4.09. The summed E-state index contributed by atoms with van der Waals surface area (Å²) in [4.78, 5) is 6.84. The van der Waals surface area contributed by atoms with E-state index in [-0.39, 0.29) is 0 Å². The molecule has 6 heteroatoms. The smallest absolute Gasteiger partial charge is 0.244 e. The molecular weight excluding hydrogens is 298 g/mol. The second-order valence-corrected chi connectivity index (χ2v) is 5.93. The highest BCUT2D eigenvalue weighted by atomic mass is 35.5. The molecule has 0 bridgehead atoms. The summed E-state index contributed by atoms with van der Waals surface area (Å²) in [6.07, 6.45) is 6.40. The van der Waals surface area contributed by atoms with Crippen LogP contribution in [0.2, 0.25) is 5.02 Å². The average molecular weight is 318 g/mol. The Bertz CT molecular complexity index is 596. The summed E-state index contributed by atoms with van der Waals surface area (Å²) in [5.74, 6) is 1.51. The molecule has 0 saturated carbocycles. The van der Waals surface area contributed by atoms with Crippen LogP contribution >= 0.6 is 11.6 Å². The van der Waals surface area contributed by atoms with Gasteiger partial charge in [-0.25, -0.2) is 0 Å². The number of rotatable bonds is 5. The van der Waals surface area contributed by atoms with Crippen molar-refractivity contribution in [2.24, 2.45) is 0 Å². The highest BCUT2D eigenvalue weighted by Gasteiger charge is 2.13. The molecular formula is C16H20ClN5. The summed E-state index contributed by atoms with van der Waals surface area (Å²) in [5.41, 5.74) is 1.23. The number of anilines is 2. The van der Waals surface area contributed by atoms with Gasteiger partial charge < -0.3 is 10.2 Å². The van der Waals surface area contributed by atoms with Crippen molar-refractivity contribution in [3.05, 3.63) is 41.0 Å². The molecule has 0 radical (unpaired) electrons. The van der Waals surface area contributed by atoms with Crippen LogP contribution in [0.15, 0.2) is 30.5 Å². The number of piperidine rings is 1. The lowest BCUT2D eigenvalue weighted by atomic mass is 10.1. The molecule has 1 aliphatic heterocycles. The van der Waals surface area contributed by atoms with Crippen molar-refractivity contribution in [3.8, 4) is 0 Å². The fraction of sp³-hybridized carbons (Fsp3) is 0.438. The molecule has 1 fully saturated rings. The Hall–Kier alpha value is -1.88. The Morgan fingerprint density at radius 3 is 2.64 bits per heavy atom. The van der Waals surface area contributed by atoms with Crippen molar-refractivity contribution < 1.29 is 0 Å². The molecule has 0 spiro atoms. The summed E-state index contributed by atoms with van der Waals surface area (Å²) in [6.45, 7) is 2.89. The van der Waals surface area contributed by atoms with Crippen LogP contribution in [0.5, 0.6) is 0 Å². The lowest BCUT2D eigenvalue weighted by Gasteiger charge is -2.27. The van der Waals surface area contributed by atoms with Gasteiger partial charge >= 0.3 is 0 Å². The molecule has 22 heavy (non-hydrogen) atoms. The van der Waals surface area contributed by atoms with Crippen molar-refractivity contribution in [1.82, 2.24) is 15.2 Å². The predicted molar refractivity (Wildman–Crippen MR) is 89.5 cm³/mol. The van der Waals surface area contributed by atoms with E-state index in [0.29, 0.717) is 5.95 Å². The first-order valence-corrected chi connectivity index (χ1v) is 8.12. The molecule has 0 amide bonds. The van der Waals surface area contributed by atoms with E-state index >= 15 is 0 Å². The maximum Gasteiger partial charge on any atom is 0.244 e. The van der Waals surface area contributed by atoms with Crippen LogP contribution in [0.25, 0.3) is 0 Å². The Labute approximate surface area is 135 Å². The maximum absolute atomic E-state index is 5.88. The summed E-state index contributed by atoms with van der Waals surface area (Å²) in [7, 11) is 0. The Kier molecular flexibility index (Phi) is 5.06. The molecule has 1 N–H and O–H groups in total. The second kappa shape index (κ2) is 7.40. The molecule has 5 nitrogen and oxygen atoms in total. The van der Waals surface area contributed by atoms with E-state index in [4.69, 9.17) is 11.6 Å². The first-order valence-electron chi connectivity index (χ1n) is 7.74. The van der Waals surface area contributed by atoms with Gasteiger partial charge in [-0.15, -0.1) is 5.10 Å². The number of halogens is 1. The predicted octanol–water partition coefficient (Wildman–Crippen LogP) is 3.17. The van der Waals surface area contributed by atoms with Crippen molar-refractivity contribution >= 4 is 23.4 Å². The second-order valence-electron chi connectivity index (χ2n) is 5.49. The van der Waals surface area contributed by atoms with Crippen LogP contribution in [-0.4, -0.2) is 34.8 Å². The van der Waals surface area contributed by atoms with E-state index < -0.39 is 0 Å². The summed E-state index contributed by atoms with van der Waals surface area (Å²) in [5, 5.41) is 12.1. The van der Waals surface area contributed by atoms with Gasteiger partial charge in [-0.05, 0) is 43.4 Å². The van der Waals surface area contributed by atoms with E-state index in [0.717, 1.165) is 36.9 Å². The van der Waals surface area contributed by atoms with E-state index in [9.17, 15) is 0 Å². The van der Waals surface area contributed by atoms with Crippen LogP contribution in [0.1, 0.15) is 24.8 Å². The minimum atomic E-state index is 0.594. The molecule has 116 valence electrons. The summed E-state index contributed by atoms with van der Waals surface area (Å²) < 4.78 is 0. The van der Waals surface area contributed by atoms with E-state index in [1.165, 1.54) is 24.8 Å². The SMILES string of the molecule is Clc1ccc(CCNc2nncc(N3CCCCC3)n2)cc1. The molecule has 1 aliphatic rings. The highest BCUT2D eigenvalue weighted by molar-refractivity contribution is 6.30. The molecule has 1 aromatic heterocycles. The fourth-order valence-electron chi connectivity index (χ4n) is 2.61. The van der Waals surface area contributed by atoms with E-state index in [2.05, 4.69) is 25.4 Å². The zero-order chi connectivity index (χ0) is 15.2. The Balaban J connectivity index is 1.55. The first kappa shape index (κ1) is 15.0. The number of nitrogens with zero attached hydrogens (tertiary/aromatic N) is 4. The topological polar surface area (TPSA) is 53.9 Å². The molecule has 0 atom stereocenters. The zero-order valence-corrected chi connectivity index (χ0v) is 13.3. The normalized spacial score (nSPS) is 14.9. The lowest BCUT2D eigenvalue weighted by molar-refractivity contribution is 0.572. The number of hydrogen-bond acceptors (Lipinski definition) is 5. The van der Waals surface area contributed by atoms with Gasteiger partial charge in [0.1, 0.15) is 0 Å². The highest BCUT2D eigenvalue weighted by Crippen LogP contribution is 2.17. The summed E-state index contributed by atoms with van der Waals surface area (Å²) in [6, 6.07) is 7.89. The molecule has 2 heterocycles. The van der Waals surface area contributed by atoms with Gasteiger partial charge in [0.25, 0.3) is 0 Å². The number of hydrogen-bond donors (Lipinski definition) is 1. The number of nitrogens with one attached hydrogen (secondary N) is 1. The van der Waals surface area contributed by atoms with Crippen LogP contribution in [0, 0.1) is 0 Å². The third kappa shape index (κ3) is 4.07. The van der Waals surface area contributed by atoms with Gasteiger partial charge in [-0.1, -0.05) is 23.7 Å². The first-order chi connectivity index (χ1) is 10.8. The largest absolute Gasteiger partial charge is 0.355 e. The molecule has 0 aliphatic carbocycles. The van der Waals surface area contributed by atoms with Crippen LogP contribution in [0.3, 0.4) is 0 Å². The van der Waals surface area contributed by atoms with Crippen LogP contribution in [-0.2, 0) is 6.42 Å². The van der Waals surface area contributed by atoms with Gasteiger partial charge in [-0.2, -0.15) is 10.1 Å². The van der Waals surface area contributed by atoms with Gasteiger partial charge in [0.2, 0.25) is 5.95 Å². The standard InChI is InChI=1S/C16H20ClN5/c17-14-6-4-13(5-7-14)8-9-18-16-20-15(12-19-21-16)22-10-2-1-3-11-22/h4-7,12H,1-3,8-11H2,(H,18,20,21). The lowest BCUT2D eigenvalue weighted by Crippen LogP contribution is -2.30. The average Bonchev–Trinajstić information content (AvgIpc) is 2.58. The van der Waals surface area contributed by atoms with Crippen molar-refractivity contribution in [2.75, 3.05) is 29.9 Å². The van der Waals surface area contributed by atoms with Gasteiger partial charge in [0.15, 0.2) is 5.82 Å². The van der Waals surface area contributed by atoms with Gasteiger partial charge in [0, 0.05) is 24.7 Å². The zero-order valence-electron chi connectivity index (χ0n) is 12.5. The Morgan fingerprint density at radius 2 is 1.86 bits per heavy atom. The summed E-state index contributed by atoms with van der Waals surface area (Å²) >= 11 is 5.88. The fourth-order valence-corrected chi connectivity index (χ4v) is 2.74. The molecule has 0 unspecified atom stereocenters. The number of benzene rings is 1. The van der Waals surface area contributed by atoms with Gasteiger partial charge in [-0.3, -0.25) is 0 Å². The van der Waals surface area contributed by atoms with Crippen LogP contribution < -0.4 is 10.2 Å². The minimum absolute atomic E-state index is 0.594. The quantitative estimate of drug-likeness (QED) is 0.918. The molecule has 3 rings (SSSR count). The van der Waals surface area contributed by atoms with Crippen molar-refractivity contribution in [2.45, 2.75) is 25.7 Å². The van der Waals surface area contributed by atoms with Crippen molar-refractivity contribution in [3.63, 3.8) is 0 Å². The van der Waals surface area contributed by atoms with Gasteiger partial charge in [0.05, 0.1) is 6.20 Å². The molecule has 1 aromatic carbocycles. The van der Waals surface area contributed by atoms with Crippen LogP contribution in [0.4, 0.5) is 11.8 Å². The molecule has 1 saturated heterocycles. The molecule has 2 aromatic rings. The third-order valence-electron chi connectivity index (χ3n) is 3.84. The van der Waals surface area contributed by atoms with E-state index in [1.54, 1.807) is 6.20 Å².